The number of fused-ring (bicyclic) bond motifs is 3. The van der Waals surface area contributed by atoms with Gasteiger partial charge in [-0.25, -0.2) is 9.67 Å². The maximum atomic E-state index is 6.63. The number of ether oxygens (including phenoxy) is 1. The van der Waals surface area contributed by atoms with Crippen LogP contribution in [0.2, 0.25) is 0 Å². The second kappa shape index (κ2) is 13.9. The Bertz CT molecular complexity index is 2320. The topological polar surface area (TPSA) is 44.9 Å². The molecule has 4 aromatic carbocycles. The Morgan fingerprint density at radius 1 is 0.765 bits per heavy atom. The van der Waals surface area contributed by atoms with Gasteiger partial charge in [-0.15, -0.1) is 0 Å². The van der Waals surface area contributed by atoms with Gasteiger partial charge >= 0.3 is 0 Å². The first-order valence-electron chi connectivity index (χ1n) is 18.5. The Balaban J connectivity index is 1.30. The number of benzene rings is 4. The lowest BCUT2D eigenvalue weighted by atomic mass is 9.88. The lowest BCUT2D eigenvalue weighted by Crippen LogP contribution is -2.12. The molecule has 3 heterocycles. The summed E-state index contributed by atoms with van der Waals surface area (Å²) in [6.07, 6.45) is 5.62. The fraction of sp³-hybridized carbons (Fsp3) is 0.304. The molecule has 2 unspecified atom stereocenters. The van der Waals surface area contributed by atoms with E-state index >= 15 is 0 Å². The zero-order chi connectivity index (χ0) is 35.9. The van der Waals surface area contributed by atoms with Gasteiger partial charge in [0.25, 0.3) is 0 Å². The Morgan fingerprint density at radius 2 is 1.55 bits per heavy atom. The monoisotopic (exact) mass is 674 g/mol. The van der Waals surface area contributed by atoms with E-state index in [1.807, 2.05) is 29.1 Å². The molecule has 51 heavy (non-hydrogen) atoms. The highest BCUT2D eigenvalue weighted by Gasteiger charge is 2.20. The number of aromatic nitrogens is 4. The zero-order valence-electron chi connectivity index (χ0n) is 31.4. The first kappa shape index (κ1) is 34.3. The van der Waals surface area contributed by atoms with Crippen LogP contribution in [0.25, 0.3) is 44.4 Å². The smallest absolute Gasteiger partial charge is 0.137 e. The molecule has 260 valence electrons. The van der Waals surface area contributed by atoms with Gasteiger partial charge in [-0.1, -0.05) is 96.8 Å². The van der Waals surface area contributed by atoms with E-state index in [0.29, 0.717) is 11.8 Å². The number of pyridine rings is 1. The third-order valence-corrected chi connectivity index (χ3v) is 10.4. The predicted octanol–water partition coefficient (Wildman–Crippen LogP) is 12.7. The number of aryl methyl sites for hydroxylation is 1. The SMILES string of the molecule is CCCC(C)CC(C)c1ccc2c(c1)c1ccc(Oc3cccc(-n4nc(C)c(-c5ccccc5)c4C)c3)cc1n2-c1cc(C(C)(C)C)ccn1. The van der Waals surface area contributed by atoms with E-state index in [1.165, 1.54) is 46.7 Å². The van der Waals surface area contributed by atoms with Crippen molar-refractivity contribution >= 4 is 21.8 Å². The average Bonchev–Trinajstić information content (AvgIpc) is 3.60. The van der Waals surface area contributed by atoms with Crippen LogP contribution in [0, 0.1) is 19.8 Å². The Labute approximate surface area is 302 Å². The van der Waals surface area contributed by atoms with E-state index in [1.54, 1.807) is 0 Å². The van der Waals surface area contributed by atoms with Gasteiger partial charge in [-0.05, 0) is 103 Å². The van der Waals surface area contributed by atoms with E-state index in [-0.39, 0.29) is 5.41 Å². The van der Waals surface area contributed by atoms with Crippen molar-refractivity contribution in [2.45, 2.75) is 86.0 Å². The third-order valence-electron chi connectivity index (χ3n) is 10.4. The summed E-state index contributed by atoms with van der Waals surface area (Å²) in [5.74, 6) is 3.64. The van der Waals surface area contributed by atoms with E-state index in [0.717, 1.165) is 51.0 Å². The molecule has 5 heteroatoms. The largest absolute Gasteiger partial charge is 0.457 e. The molecule has 0 bridgehead atoms. The highest BCUT2D eigenvalue weighted by Crippen LogP contribution is 2.38. The van der Waals surface area contributed by atoms with Crippen molar-refractivity contribution in [3.8, 4) is 34.1 Å². The van der Waals surface area contributed by atoms with Crippen LogP contribution in [0.15, 0.2) is 109 Å². The number of hydrogen-bond acceptors (Lipinski definition) is 3. The second-order valence-electron chi connectivity index (χ2n) is 15.4. The van der Waals surface area contributed by atoms with Crippen LogP contribution in [0.5, 0.6) is 11.5 Å². The highest BCUT2D eigenvalue weighted by atomic mass is 16.5. The molecule has 2 atom stereocenters. The summed E-state index contributed by atoms with van der Waals surface area (Å²) in [5, 5.41) is 7.37. The molecule has 0 radical (unpaired) electrons. The standard InChI is InChI=1S/C46H50N4O/c1-9-14-30(2)25-31(3)35-19-22-42-41(26-35)40-21-20-39(29-43(40)49(42)44-27-36(23-24-47-44)46(6,7)8)51-38-18-13-17-37(28-38)50-33(5)45(32(4)48-50)34-15-11-10-12-16-34/h10-13,15-24,26-31H,9,14,25H2,1-8H3. The van der Waals surface area contributed by atoms with Crippen molar-refractivity contribution in [2.24, 2.45) is 5.92 Å². The Kier molecular flexibility index (Phi) is 9.32. The zero-order valence-corrected chi connectivity index (χ0v) is 31.4. The maximum Gasteiger partial charge on any atom is 0.137 e. The number of nitrogens with zero attached hydrogens (tertiary/aromatic N) is 4. The average molecular weight is 675 g/mol. The van der Waals surface area contributed by atoms with Gasteiger partial charge in [0.05, 0.1) is 22.4 Å². The molecular formula is C46H50N4O. The molecule has 0 saturated heterocycles. The Hall–Kier alpha value is -5.16. The summed E-state index contributed by atoms with van der Waals surface area (Å²) in [5.41, 5.74) is 10.3. The minimum absolute atomic E-state index is 0.000845. The number of hydrogen-bond donors (Lipinski definition) is 0. The molecule has 0 aliphatic rings. The van der Waals surface area contributed by atoms with E-state index in [2.05, 4.69) is 145 Å². The summed E-state index contributed by atoms with van der Waals surface area (Å²) < 4.78 is 10.9. The third kappa shape index (κ3) is 6.82. The minimum Gasteiger partial charge on any atom is -0.457 e. The summed E-state index contributed by atoms with van der Waals surface area (Å²) in [4.78, 5) is 4.92. The van der Waals surface area contributed by atoms with Crippen LogP contribution in [0.3, 0.4) is 0 Å². The van der Waals surface area contributed by atoms with E-state index in [9.17, 15) is 0 Å². The van der Waals surface area contributed by atoms with Gasteiger partial charge in [0, 0.05) is 40.4 Å². The second-order valence-corrected chi connectivity index (χ2v) is 15.4. The molecule has 0 aliphatic carbocycles. The molecule has 7 aromatic rings. The maximum absolute atomic E-state index is 6.63. The van der Waals surface area contributed by atoms with Crippen LogP contribution in [0.1, 0.15) is 89.2 Å². The van der Waals surface area contributed by atoms with Crippen molar-refractivity contribution in [3.05, 3.63) is 132 Å². The molecular weight excluding hydrogens is 625 g/mol. The van der Waals surface area contributed by atoms with Crippen LogP contribution >= 0.6 is 0 Å². The first-order chi connectivity index (χ1) is 24.5. The van der Waals surface area contributed by atoms with Gasteiger partial charge in [0.15, 0.2) is 0 Å². The van der Waals surface area contributed by atoms with Crippen molar-refractivity contribution in [1.29, 1.82) is 0 Å². The lowest BCUT2D eigenvalue weighted by molar-refractivity contribution is 0.449. The molecule has 7 rings (SSSR count). The van der Waals surface area contributed by atoms with Gasteiger partial charge < -0.3 is 4.74 Å². The quantitative estimate of drug-likeness (QED) is 0.145. The molecule has 0 N–H and O–H groups in total. The minimum atomic E-state index is 0.000845. The fourth-order valence-electron chi connectivity index (χ4n) is 7.72. The molecule has 0 amide bonds. The van der Waals surface area contributed by atoms with Crippen LogP contribution < -0.4 is 4.74 Å². The summed E-state index contributed by atoms with van der Waals surface area (Å²) in [6.45, 7) is 18.0. The van der Waals surface area contributed by atoms with Gasteiger partial charge in [-0.3, -0.25) is 4.57 Å². The molecule has 0 saturated carbocycles. The summed E-state index contributed by atoms with van der Waals surface area (Å²) in [7, 11) is 0. The van der Waals surface area contributed by atoms with Crippen LogP contribution in [0.4, 0.5) is 0 Å². The van der Waals surface area contributed by atoms with Crippen LogP contribution in [-0.4, -0.2) is 19.3 Å². The Morgan fingerprint density at radius 3 is 2.31 bits per heavy atom. The van der Waals surface area contributed by atoms with Gasteiger partial charge in [0.1, 0.15) is 17.3 Å². The van der Waals surface area contributed by atoms with Crippen molar-refractivity contribution in [3.63, 3.8) is 0 Å². The first-order valence-corrected chi connectivity index (χ1v) is 18.5. The number of rotatable bonds is 10. The normalized spacial score (nSPS) is 13.2. The summed E-state index contributed by atoms with van der Waals surface area (Å²) in [6, 6.07) is 36.5. The molecule has 0 aliphatic heterocycles. The molecule has 5 nitrogen and oxygen atoms in total. The molecule has 0 fully saturated rings. The van der Waals surface area contributed by atoms with Crippen LogP contribution in [-0.2, 0) is 5.41 Å². The molecule has 0 spiro atoms. The van der Waals surface area contributed by atoms with E-state index < -0.39 is 0 Å². The van der Waals surface area contributed by atoms with Gasteiger partial charge in [0.2, 0.25) is 0 Å². The van der Waals surface area contributed by atoms with E-state index in [4.69, 9.17) is 14.8 Å². The van der Waals surface area contributed by atoms with Crippen molar-refractivity contribution in [1.82, 2.24) is 19.3 Å². The van der Waals surface area contributed by atoms with Gasteiger partial charge in [-0.2, -0.15) is 5.10 Å². The highest BCUT2D eigenvalue weighted by molar-refractivity contribution is 6.09. The molecule has 3 aromatic heterocycles. The summed E-state index contributed by atoms with van der Waals surface area (Å²) >= 11 is 0. The van der Waals surface area contributed by atoms with Crippen molar-refractivity contribution in [2.75, 3.05) is 0 Å². The van der Waals surface area contributed by atoms with Crippen molar-refractivity contribution < 1.29 is 4.74 Å². The predicted molar refractivity (Wildman–Crippen MR) is 213 cm³/mol. The fourth-order valence-corrected chi connectivity index (χ4v) is 7.72. The lowest BCUT2D eigenvalue weighted by Gasteiger charge is -2.20.